The first-order valence-corrected chi connectivity index (χ1v) is 3.37. The van der Waals surface area contributed by atoms with Gasteiger partial charge in [-0.1, -0.05) is 0 Å². The maximum Gasteiger partial charge on any atom is 0.0917 e. The van der Waals surface area contributed by atoms with Gasteiger partial charge in [0.15, 0.2) is 0 Å². The van der Waals surface area contributed by atoms with E-state index in [1.54, 1.807) is 14.2 Å². The van der Waals surface area contributed by atoms with Crippen LogP contribution < -0.4 is 11.1 Å². The monoisotopic (exact) mass is 144 g/mol. The maximum atomic E-state index is 5.47. The van der Waals surface area contributed by atoms with Crippen LogP contribution in [0, 0.1) is 0 Å². The van der Waals surface area contributed by atoms with Crippen molar-refractivity contribution in [3.05, 3.63) is 11.9 Å². The Kier molecular flexibility index (Phi) is 4.76. The standard InChI is InChI=1S/C7H16N2O/c1-6(10-3)4-5-7(8)9-2/h5-6,9H,4,8H2,1-3H3/b7-5-. The fraction of sp³-hybridized carbons (Fsp3) is 0.714. The number of hydrogen-bond acceptors (Lipinski definition) is 3. The molecule has 0 fully saturated rings. The molecule has 0 spiro atoms. The summed E-state index contributed by atoms with van der Waals surface area (Å²) in [6.45, 7) is 2.00. The van der Waals surface area contributed by atoms with Gasteiger partial charge in [-0.15, -0.1) is 0 Å². The molecule has 0 aliphatic carbocycles. The van der Waals surface area contributed by atoms with Crippen LogP contribution in [0.4, 0.5) is 0 Å². The molecular weight excluding hydrogens is 128 g/mol. The zero-order chi connectivity index (χ0) is 7.98. The third kappa shape index (κ3) is 4.21. The Morgan fingerprint density at radius 3 is 2.80 bits per heavy atom. The van der Waals surface area contributed by atoms with Crippen molar-refractivity contribution in [3.63, 3.8) is 0 Å². The predicted molar refractivity (Wildman–Crippen MR) is 42.4 cm³/mol. The highest BCUT2D eigenvalue weighted by Gasteiger charge is 1.94. The average Bonchev–Trinajstić information content (AvgIpc) is 1.99. The van der Waals surface area contributed by atoms with Crippen LogP contribution in [0.25, 0.3) is 0 Å². The quantitative estimate of drug-likeness (QED) is 0.601. The Morgan fingerprint density at radius 1 is 1.80 bits per heavy atom. The molecule has 10 heavy (non-hydrogen) atoms. The molecule has 0 amide bonds. The second kappa shape index (κ2) is 5.11. The van der Waals surface area contributed by atoms with Gasteiger partial charge in [-0.2, -0.15) is 0 Å². The smallest absolute Gasteiger partial charge is 0.0917 e. The molecule has 3 heteroatoms. The molecule has 0 aromatic carbocycles. The second-order valence-electron chi connectivity index (χ2n) is 2.19. The molecule has 1 unspecified atom stereocenters. The van der Waals surface area contributed by atoms with Crippen molar-refractivity contribution >= 4 is 0 Å². The van der Waals surface area contributed by atoms with Gasteiger partial charge >= 0.3 is 0 Å². The summed E-state index contributed by atoms with van der Waals surface area (Å²) < 4.78 is 5.02. The van der Waals surface area contributed by atoms with Gasteiger partial charge < -0.3 is 15.8 Å². The van der Waals surface area contributed by atoms with Crippen LogP contribution in [0.3, 0.4) is 0 Å². The van der Waals surface area contributed by atoms with Crippen molar-refractivity contribution in [3.8, 4) is 0 Å². The van der Waals surface area contributed by atoms with Gasteiger partial charge in [0, 0.05) is 14.2 Å². The summed E-state index contributed by atoms with van der Waals surface area (Å²) in [7, 11) is 3.48. The highest BCUT2D eigenvalue weighted by molar-refractivity contribution is 4.93. The van der Waals surface area contributed by atoms with Gasteiger partial charge in [-0.25, -0.2) is 0 Å². The number of nitrogens with two attached hydrogens (primary N) is 1. The van der Waals surface area contributed by atoms with Gasteiger partial charge in [-0.05, 0) is 19.4 Å². The summed E-state index contributed by atoms with van der Waals surface area (Å²) in [5, 5.41) is 2.83. The van der Waals surface area contributed by atoms with Crippen molar-refractivity contribution < 1.29 is 4.74 Å². The van der Waals surface area contributed by atoms with Crippen LogP contribution in [0.5, 0.6) is 0 Å². The minimum atomic E-state index is 0.242. The Labute approximate surface area is 62.2 Å². The highest BCUT2D eigenvalue weighted by Crippen LogP contribution is 1.96. The molecule has 0 radical (unpaired) electrons. The van der Waals surface area contributed by atoms with E-state index in [4.69, 9.17) is 10.5 Å². The fourth-order valence-corrected chi connectivity index (χ4v) is 0.491. The molecule has 0 aliphatic rings. The largest absolute Gasteiger partial charge is 0.386 e. The van der Waals surface area contributed by atoms with E-state index in [1.807, 2.05) is 13.0 Å². The molecule has 0 bridgehead atoms. The van der Waals surface area contributed by atoms with E-state index in [2.05, 4.69) is 5.32 Å². The first kappa shape index (κ1) is 9.30. The molecule has 3 N–H and O–H groups in total. The van der Waals surface area contributed by atoms with E-state index in [0.29, 0.717) is 5.82 Å². The van der Waals surface area contributed by atoms with Crippen molar-refractivity contribution in [2.24, 2.45) is 5.73 Å². The van der Waals surface area contributed by atoms with Crippen molar-refractivity contribution in [1.82, 2.24) is 5.32 Å². The van der Waals surface area contributed by atoms with Gasteiger partial charge in [-0.3, -0.25) is 0 Å². The van der Waals surface area contributed by atoms with Crippen molar-refractivity contribution in [1.29, 1.82) is 0 Å². The minimum Gasteiger partial charge on any atom is -0.386 e. The summed E-state index contributed by atoms with van der Waals surface area (Å²) in [5.74, 6) is 0.698. The second-order valence-corrected chi connectivity index (χ2v) is 2.19. The van der Waals surface area contributed by atoms with E-state index in [1.165, 1.54) is 0 Å². The minimum absolute atomic E-state index is 0.242. The molecule has 0 saturated carbocycles. The number of hydrogen-bond donors (Lipinski definition) is 2. The van der Waals surface area contributed by atoms with Crippen molar-refractivity contribution in [2.75, 3.05) is 14.2 Å². The van der Waals surface area contributed by atoms with Crippen LogP contribution in [0.2, 0.25) is 0 Å². The molecule has 0 rings (SSSR count). The predicted octanol–water partition coefficient (Wildman–Crippen LogP) is 0.431. The van der Waals surface area contributed by atoms with Gasteiger partial charge in [0.05, 0.1) is 11.9 Å². The Morgan fingerprint density at radius 2 is 2.40 bits per heavy atom. The molecule has 0 aliphatic heterocycles. The zero-order valence-electron chi connectivity index (χ0n) is 6.85. The van der Waals surface area contributed by atoms with Crippen LogP contribution in [0.15, 0.2) is 11.9 Å². The molecule has 1 atom stereocenters. The lowest BCUT2D eigenvalue weighted by atomic mass is 10.3. The van der Waals surface area contributed by atoms with E-state index < -0.39 is 0 Å². The van der Waals surface area contributed by atoms with Gasteiger partial charge in [0.1, 0.15) is 0 Å². The molecule has 60 valence electrons. The maximum absolute atomic E-state index is 5.47. The average molecular weight is 144 g/mol. The topological polar surface area (TPSA) is 47.3 Å². The molecule has 0 heterocycles. The van der Waals surface area contributed by atoms with E-state index >= 15 is 0 Å². The summed E-state index contributed by atoms with van der Waals surface area (Å²) in [6, 6.07) is 0. The van der Waals surface area contributed by atoms with E-state index in [9.17, 15) is 0 Å². The lowest BCUT2D eigenvalue weighted by molar-refractivity contribution is 0.121. The van der Waals surface area contributed by atoms with E-state index in [0.717, 1.165) is 6.42 Å². The molecule has 0 saturated heterocycles. The Bertz CT molecular complexity index is 112. The van der Waals surface area contributed by atoms with Crippen molar-refractivity contribution in [2.45, 2.75) is 19.4 Å². The zero-order valence-corrected chi connectivity index (χ0v) is 6.85. The first-order chi connectivity index (χ1) is 4.70. The molecular formula is C7H16N2O. The lowest BCUT2D eigenvalue weighted by Crippen LogP contribution is -2.15. The number of ether oxygens (including phenoxy) is 1. The molecule has 0 aromatic heterocycles. The van der Waals surface area contributed by atoms with Crippen LogP contribution >= 0.6 is 0 Å². The lowest BCUT2D eigenvalue weighted by Gasteiger charge is -2.05. The van der Waals surface area contributed by atoms with Crippen LogP contribution in [0.1, 0.15) is 13.3 Å². The van der Waals surface area contributed by atoms with Crippen LogP contribution in [-0.2, 0) is 4.74 Å². The van der Waals surface area contributed by atoms with Gasteiger partial charge in [0.25, 0.3) is 0 Å². The SMILES string of the molecule is CN/C(N)=C\CC(C)OC. The normalized spacial score (nSPS) is 14.9. The summed E-state index contributed by atoms with van der Waals surface area (Å²) in [6.07, 6.45) is 3.00. The fourth-order valence-electron chi connectivity index (χ4n) is 0.491. The third-order valence-electron chi connectivity index (χ3n) is 1.36. The summed E-state index contributed by atoms with van der Waals surface area (Å²) in [4.78, 5) is 0. The number of methoxy groups -OCH3 is 1. The summed E-state index contributed by atoms with van der Waals surface area (Å²) >= 11 is 0. The number of nitrogens with one attached hydrogen (secondary N) is 1. The highest BCUT2D eigenvalue weighted by atomic mass is 16.5. The molecule has 3 nitrogen and oxygen atoms in total. The summed E-state index contributed by atoms with van der Waals surface area (Å²) in [5.41, 5.74) is 5.47. The van der Waals surface area contributed by atoms with Gasteiger partial charge in [0.2, 0.25) is 0 Å². The Balaban J connectivity index is 3.50. The van der Waals surface area contributed by atoms with Crippen LogP contribution in [-0.4, -0.2) is 20.3 Å². The van der Waals surface area contributed by atoms with E-state index in [-0.39, 0.29) is 6.10 Å². The first-order valence-electron chi connectivity index (χ1n) is 3.37. The third-order valence-corrected chi connectivity index (χ3v) is 1.36. The Hall–Kier alpha value is -0.700. The molecule has 0 aromatic rings. The number of rotatable bonds is 4.